The highest BCUT2D eigenvalue weighted by Gasteiger charge is 2.32. The second kappa shape index (κ2) is 8.05. The van der Waals surface area contributed by atoms with Gasteiger partial charge in [-0.15, -0.1) is 0 Å². The molecule has 1 aromatic carbocycles. The molecule has 0 bridgehead atoms. The summed E-state index contributed by atoms with van der Waals surface area (Å²) in [7, 11) is 1.62. The molecule has 0 N–H and O–H groups in total. The van der Waals surface area contributed by atoms with Crippen LogP contribution in [0.4, 0.5) is 13.2 Å². The van der Waals surface area contributed by atoms with Crippen molar-refractivity contribution in [3.63, 3.8) is 0 Å². The Bertz CT molecular complexity index is 1080. The van der Waals surface area contributed by atoms with Crippen LogP contribution in [-0.4, -0.2) is 45.8 Å². The third kappa shape index (κ3) is 4.12. The summed E-state index contributed by atoms with van der Waals surface area (Å²) in [6.07, 6.45) is -1.40. The van der Waals surface area contributed by atoms with Crippen LogP contribution in [0.25, 0.3) is 5.82 Å². The zero-order valence-electron chi connectivity index (χ0n) is 17.1. The number of rotatable bonds is 4. The minimum atomic E-state index is -4.46. The zero-order valence-corrected chi connectivity index (χ0v) is 17.1. The van der Waals surface area contributed by atoms with E-state index in [2.05, 4.69) is 10.1 Å². The topological polar surface area (TPSA) is 60.2 Å². The lowest BCUT2D eigenvalue weighted by atomic mass is 9.98. The lowest BCUT2D eigenvalue weighted by molar-refractivity contribution is -0.137. The Kier molecular flexibility index (Phi) is 5.43. The molecule has 1 saturated heterocycles. The molecule has 1 aliphatic heterocycles. The fourth-order valence-electron chi connectivity index (χ4n) is 3.79. The second-order valence-corrected chi connectivity index (χ2v) is 7.47. The van der Waals surface area contributed by atoms with Crippen molar-refractivity contribution in [2.75, 3.05) is 20.2 Å². The van der Waals surface area contributed by atoms with E-state index in [1.807, 2.05) is 24.3 Å². The van der Waals surface area contributed by atoms with Gasteiger partial charge in [0.1, 0.15) is 5.75 Å². The number of methoxy groups -OCH3 is 1. The third-order valence-electron chi connectivity index (χ3n) is 5.60. The molecule has 6 nitrogen and oxygen atoms in total. The molecule has 0 radical (unpaired) electrons. The highest BCUT2D eigenvalue weighted by atomic mass is 19.4. The normalized spacial score (nSPS) is 16.5. The molecular weight excluding hydrogens is 409 g/mol. The smallest absolute Gasteiger partial charge is 0.417 e. The second-order valence-electron chi connectivity index (χ2n) is 7.47. The van der Waals surface area contributed by atoms with Gasteiger partial charge in [-0.05, 0) is 43.2 Å². The summed E-state index contributed by atoms with van der Waals surface area (Å²) in [4.78, 5) is 18.7. The van der Waals surface area contributed by atoms with Crippen LogP contribution < -0.4 is 4.74 Å². The summed E-state index contributed by atoms with van der Waals surface area (Å²) in [6.45, 7) is 2.92. The number of aromatic nitrogens is 3. The van der Waals surface area contributed by atoms with Gasteiger partial charge < -0.3 is 9.64 Å². The van der Waals surface area contributed by atoms with Gasteiger partial charge in [0, 0.05) is 25.2 Å². The van der Waals surface area contributed by atoms with Crippen LogP contribution in [0.2, 0.25) is 0 Å². The van der Waals surface area contributed by atoms with Crippen molar-refractivity contribution < 1.29 is 22.7 Å². The van der Waals surface area contributed by atoms with Crippen molar-refractivity contribution >= 4 is 5.91 Å². The quantitative estimate of drug-likeness (QED) is 0.622. The number of benzene rings is 1. The van der Waals surface area contributed by atoms with E-state index < -0.39 is 11.7 Å². The first kappa shape index (κ1) is 20.9. The molecule has 3 aromatic rings. The summed E-state index contributed by atoms with van der Waals surface area (Å²) in [5, 5.41) is 4.18. The molecule has 1 aliphatic rings. The SMILES string of the molecule is COc1ccc(C2CCN(C(=O)c3cnn(-c4ccc(C(F)(F)F)cn4)c3C)C2)cc1. The number of amides is 1. The minimum Gasteiger partial charge on any atom is -0.497 e. The van der Waals surface area contributed by atoms with E-state index in [1.54, 1.807) is 18.9 Å². The van der Waals surface area contributed by atoms with Crippen LogP contribution in [-0.2, 0) is 6.18 Å². The first-order chi connectivity index (χ1) is 14.8. The highest BCUT2D eigenvalue weighted by Crippen LogP contribution is 2.31. The lowest BCUT2D eigenvalue weighted by Crippen LogP contribution is -2.28. The average Bonchev–Trinajstić information content (AvgIpc) is 3.40. The van der Waals surface area contributed by atoms with Crippen molar-refractivity contribution in [2.45, 2.75) is 25.4 Å². The molecule has 31 heavy (non-hydrogen) atoms. The number of pyridine rings is 1. The summed E-state index contributed by atoms with van der Waals surface area (Å²) < 4.78 is 44.8. The summed E-state index contributed by atoms with van der Waals surface area (Å²) in [5.41, 5.74) is 1.26. The Morgan fingerprint density at radius 1 is 1.13 bits per heavy atom. The number of carbonyl (C=O) groups excluding carboxylic acids is 1. The molecule has 1 amide bonds. The van der Waals surface area contributed by atoms with Gasteiger partial charge >= 0.3 is 6.18 Å². The molecule has 0 saturated carbocycles. The molecule has 1 fully saturated rings. The number of likely N-dealkylation sites (tertiary alicyclic amines) is 1. The maximum atomic E-state index is 13.1. The number of carbonyl (C=O) groups is 1. The largest absolute Gasteiger partial charge is 0.497 e. The predicted molar refractivity (Wildman–Crippen MR) is 107 cm³/mol. The van der Waals surface area contributed by atoms with Crippen LogP contribution in [0.5, 0.6) is 5.75 Å². The van der Waals surface area contributed by atoms with Crippen molar-refractivity contribution in [2.24, 2.45) is 0 Å². The Labute approximate surface area is 177 Å². The van der Waals surface area contributed by atoms with Gasteiger partial charge in [-0.3, -0.25) is 4.79 Å². The van der Waals surface area contributed by atoms with E-state index in [9.17, 15) is 18.0 Å². The fourth-order valence-corrected chi connectivity index (χ4v) is 3.79. The molecule has 1 unspecified atom stereocenters. The molecule has 9 heteroatoms. The van der Waals surface area contributed by atoms with Crippen LogP contribution in [0.3, 0.4) is 0 Å². The Morgan fingerprint density at radius 2 is 1.87 bits per heavy atom. The van der Waals surface area contributed by atoms with E-state index in [1.165, 1.54) is 16.9 Å². The maximum absolute atomic E-state index is 13.1. The molecule has 2 aromatic heterocycles. The lowest BCUT2D eigenvalue weighted by Gasteiger charge is -2.17. The van der Waals surface area contributed by atoms with Gasteiger partial charge in [-0.2, -0.15) is 18.3 Å². The van der Waals surface area contributed by atoms with E-state index in [0.717, 1.165) is 30.0 Å². The molecule has 0 spiro atoms. The molecular formula is C22H21F3N4O2. The van der Waals surface area contributed by atoms with Crippen molar-refractivity contribution in [1.82, 2.24) is 19.7 Å². The van der Waals surface area contributed by atoms with Crippen molar-refractivity contribution in [3.8, 4) is 11.6 Å². The molecule has 3 heterocycles. The van der Waals surface area contributed by atoms with E-state index in [-0.39, 0.29) is 17.6 Å². The third-order valence-corrected chi connectivity index (χ3v) is 5.60. The van der Waals surface area contributed by atoms with Crippen LogP contribution in [0, 0.1) is 6.92 Å². The number of hydrogen-bond acceptors (Lipinski definition) is 4. The first-order valence-electron chi connectivity index (χ1n) is 9.79. The monoisotopic (exact) mass is 430 g/mol. The molecule has 1 atom stereocenters. The zero-order chi connectivity index (χ0) is 22.2. The van der Waals surface area contributed by atoms with Gasteiger partial charge in [0.15, 0.2) is 5.82 Å². The summed E-state index contributed by atoms with van der Waals surface area (Å²) >= 11 is 0. The Hall–Kier alpha value is -3.36. The average molecular weight is 430 g/mol. The van der Waals surface area contributed by atoms with Crippen LogP contribution in [0.15, 0.2) is 48.8 Å². The number of nitrogens with zero attached hydrogens (tertiary/aromatic N) is 4. The Morgan fingerprint density at radius 3 is 2.48 bits per heavy atom. The first-order valence-corrected chi connectivity index (χ1v) is 9.79. The van der Waals surface area contributed by atoms with Crippen molar-refractivity contribution in [1.29, 1.82) is 0 Å². The minimum absolute atomic E-state index is 0.147. The molecule has 162 valence electrons. The number of hydrogen-bond donors (Lipinski definition) is 0. The van der Waals surface area contributed by atoms with Crippen LogP contribution in [0.1, 0.15) is 39.5 Å². The Balaban J connectivity index is 1.49. The standard InChI is InChI=1S/C22H21F3N4O2/c1-14-19(12-27-29(14)20-8-5-17(11-26-20)22(23,24)25)21(30)28-10-9-16(13-28)15-3-6-18(31-2)7-4-15/h3-8,11-12,16H,9-10,13H2,1-2H3. The highest BCUT2D eigenvalue weighted by molar-refractivity contribution is 5.95. The van der Waals surface area contributed by atoms with Gasteiger partial charge in [-0.1, -0.05) is 12.1 Å². The van der Waals surface area contributed by atoms with Crippen LogP contribution >= 0.6 is 0 Å². The van der Waals surface area contributed by atoms with Gasteiger partial charge in [0.2, 0.25) is 0 Å². The molecule has 4 rings (SSSR count). The summed E-state index contributed by atoms with van der Waals surface area (Å²) in [5.74, 6) is 1.10. The maximum Gasteiger partial charge on any atom is 0.417 e. The summed E-state index contributed by atoms with van der Waals surface area (Å²) in [6, 6.07) is 10.0. The number of ether oxygens (including phenoxy) is 1. The van der Waals surface area contributed by atoms with Gasteiger partial charge in [-0.25, -0.2) is 9.67 Å². The van der Waals surface area contributed by atoms with Gasteiger partial charge in [0.05, 0.1) is 30.1 Å². The van der Waals surface area contributed by atoms with Gasteiger partial charge in [0.25, 0.3) is 5.91 Å². The predicted octanol–water partition coefficient (Wildman–Crippen LogP) is 4.23. The van der Waals surface area contributed by atoms with E-state index >= 15 is 0 Å². The fraction of sp³-hybridized carbons (Fsp3) is 0.318. The number of halogens is 3. The van der Waals surface area contributed by atoms with E-state index in [0.29, 0.717) is 24.3 Å². The molecule has 0 aliphatic carbocycles. The van der Waals surface area contributed by atoms with E-state index in [4.69, 9.17) is 4.74 Å². The van der Waals surface area contributed by atoms with Crippen molar-refractivity contribution in [3.05, 3.63) is 71.2 Å². The number of alkyl halides is 3.